The van der Waals surface area contributed by atoms with E-state index in [1.54, 1.807) is 0 Å². The predicted molar refractivity (Wildman–Crippen MR) is 39.1 cm³/mol. The highest BCUT2D eigenvalue weighted by Gasteiger charge is 2.29. The molecule has 2 aliphatic carbocycles. The largest absolute Gasteiger partial charge is 0.0851 e. The van der Waals surface area contributed by atoms with Crippen molar-refractivity contribution in [2.75, 3.05) is 0 Å². The molecular weight excluding hydrogens is 108 g/mol. The van der Waals surface area contributed by atoms with Gasteiger partial charge in [0, 0.05) is 0 Å². The summed E-state index contributed by atoms with van der Waals surface area (Å²) >= 11 is 0. The number of allylic oxidation sites excluding steroid dienone is 2. The fourth-order valence-electron chi connectivity index (χ4n) is 2.19. The highest BCUT2D eigenvalue weighted by Crippen LogP contribution is 2.40. The van der Waals surface area contributed by atoms with E-state index < -0.39 is 0 Å². The Bertz CT molecular complexity index is 135. The normalized spacial score (nSPS) is 47.9. The first-order valence-electron chi connectivity index (χ1n) is 4.04. The van der Waals surface area contributed by atoms with Gasteiger partial charge >= 0.3 is 0 Å². The monoisotopic (exact) mass is 122 g/mol. The first-order valence-corrected chi connectivity index (χ1v) is 4.04. The van der Waals surface area contributed by atoms with Gasteiger partial charge in [0.2, 0.25) is 0 Å². The first-order chi connectivity index (χ1) is 4.36. The van der Waals surface area contributed by atoms with E-state index in [2.05, 4.69) is 19.1 Å². The van der Waals surface area contributed by atoms with Crippen molar-refractivity contribution in [3.63, 3.8) is 0 Å². The van der Waals surface area contributed by atoms with Crippen LogP contribution in [0.2, 0.25) is 0 Å². The Morgan fingerprint density at radius 2 is 2.11 bits per heavy atom. The smallest absolute Gasteiger partial charge is 0.0230 e. The molecule has 2 bridgehead atoms. The van der Waals surface area contributed by atoms with Gasteiger partial charge in [0.05, 0.1) is 0 Å². The summed E-state index contributed by atoms with van der Waals surface area (Å²) in [6.45, 7) is 2.35. The van der Waals surface area contributed by atoms with Crippen LogP contribution in [0.25, 0.3) is 0 Å². The van der Waals surface area contributed by atoms with Gasteiger partial charge in [-0.05, 0) is 37.0 Å². The van der Waals surface area contributed by atoms with E-state index in [4.69, 9.17) is 0 Å². The van der Waals surface area contributed by atoms with Crippen LogP contribution < -0.4 is 0 Å². The molecule has 0 saturated heterocycles. The molecule has 0 spiro atoms. The van der Waals surface area contributed by atoms with Gasteiger partial charge in [-0.25, -0.2) is 0 Å². The molecule has 50 valence electrons. The molecule has 0 nitrogen and oxygen atoms in total. The second-order valence-corrected chi connectivity index (χ2v) is 3.58. The molecule has 0 heterocycles. The van der Waals surface area contributed by atoms with E-state index in [-0.39, 0.29) is 0 Å². The third kappa shape index (κ3) is 0.810. The van der Waals surface area contributed by atoms with Gasteiger partial charge in [0.1, 0.15) is 0 Å². The fraction of sp³-hybridized carbons (Fsp3) is 0.778. The molecule has 3 atom stereocenters. The molecule has 0 N–H and O–H groups in total. The van der Waals surface area contributed by atoms with Gasteiger partial charge in [-0.3, -0.25) is 0 Å². The minimum atomic E-state index is 0.878. The first kappa shape index (κ1) is 5.52. The second-order valence-electron chi connectivity index (χ2n) is 3.58. The van der Waals surface area contributed by atoms with Crippen LogP contribution in [-0.4, -0.2) is 0 Å². The molecule has 0 aliphatic heterocycles. The third-order valence-electron chi connectivity index (χ3n) is 2.94. The Hall–Kier alpha value is -0.260. The van der Waals surface area contributed by atoms with Crippen molar-refractivity contribution in [3.8, 4) is 0 Å². The van der Waals surface area contributed by atoms with Crippen LogP contribution in [0.1, 0.15) is 26.2 Å². The highest BCUT2D eigenvalue weighted by atomic mass is 14.3. The van der Waals surface area contributed by atoms with E-state index >= 15 is 0 Å². The summed E-state index contributed by atoms with van der Waals surface area (Å²) in [6, 6.07) is 0. The summed E-state index contributed by atoms with van der Waals surface area (Å²) in [5.74, 6) is 2.88. The summed E-state index contributed by atoms with van der Waals surface area (Å²) in [4.78, 5) is 0. The number of hydrogen-bond acceptors (Lipinski definition) is 0. The molecule has 0 heteroatoms. The van der Waals surface area contributed by atoms with E-state index in [0.717, 1.165) is 17.8 Å². The third-order valence-corrected chi connectivity index (χ3v) is 2.94. The average molecular weight is 122 g/mol. The number of rotatable bonds is 0. The van der Waals surface area contributed by atoms with E-state index in [9.17, 15) is 0 Å². The van der Waals surface area contributed by atoms with Gasteiger partial charge < -0.3 is 0 Å². The molecule has 0 radical (unpaired) electrons. The van der Waals surface area contributed by atoms with Crippen LogP contribution in [0.5, 0.6) is 0 Å². The fourth-order valence-corrected chi connectivity index (χ4v) is 2.19. The summed E-state index contributed by atoms with van der Waals surface area (Å²) < 4.78 is 0. The van der Waals surface area contributed by atoms with Gasteiger partial charge in [-0.2, -0.15) is 0 Å². The van der Waals surface area contributed by atoms with Crippen molar-refractivity contribution >= 4 is 0 Å². The maximum absolute atomic E-state index is 2.42. The van der Waals surface area contributed by atoms with Crippen LogP contribution in [-0.2, 0) is 0 Å². The van der Waals surface area contributed by atoms with Crippen molar-refractivity contribution in [3.05, 3.63) is 12.2 Å². The standard InChI is InChI=1S/C9H14/c1-7-2-3-8-4-5-9(7)6-8/h2-3,7-9H,4-6H2,1H3/t7-,8+,9+/m1/s1. The molecule has 0 amide bonds. The summed E-state index contributed by atoms with van der Waals surface area (Å²) in [5.41, 5.74) is 0. The molecule has 1 saturated carbocycles. The van der Waals surface area contributed by atoms with E-state index in [0.29, 0.717) is 0 Å². The van der Waals surface area contributed by atoms with Crippen molar-refractivity contribution < 1.29 is 0 Å². The zero-order valence-electron chi connectivity index (χ0n) is 6.01. The van der Waals surface area contributed by atoms with Gasteiger partial charge in [0.15, 0.2) is 0 Å². The minimum Gasteiger partial charge on any atom is -0.0851 e. The van der Waals surface area contributed by atoms with Gasteiger partial charge in [-0.1, -0.05) is 19.1 Å². The number of fused-ring (bicyclic) bond motifs is 2. The quantitative estimate of drug-likeness (QED) is 0.433. The van der Waals surface area contributed by atoms with Gasteiger partial charge in [0.25, 0.3) is 0 Å². The second kappa shape index (κ2) is 1.86. The molecule has 2 rings (SSSR count). The lowest BCUT2D eigenvalue weighted by Crippen LogP contribution is -2.08. The highest BCUT2D eigenvalue weighted by molar-refractivity contribution is 5.03. The lowest BCUT2D eigenvalue weighted by Gasteiger charge is -2.18. The minimum absolute atomic E-state index is 0.878. The topological polar surface area (TPSA) is 0 Å². The Labute approximate surface area is 57.0 Å². The van der Waals surface area contributed by atoms with Crippen LogP contribution >= 0.6 is 0 Å². The van der Waals surface area contributed by atoms with Crippen molar-refractivity contribution in [1.29, 1.82) is 0 Å². The molecule has 0 aromatic rings. The van der Waals surface area contributed by atoms with E-state index in [1.165, 1.54) is 19.3 Å². The Morgan fingerprint density at radius 1 is 1.22 bits per heavy atom. The lowest BCUT2D eigenvalue weighted by atomic mass is 9.87. The molecule has 2 aliphatic rings. The SMILES string of the molecule is C[C@@H]1C=C[C@H]2CC[C@H]1C2. The zero-order chi connectivity index (χ0) is 6.27. The Kier molecular flexibility index (Phi) is 1.14. The van der Waals surface area contributed by atoms with Crippen LogP contribution in [0.3, 0.4) is 0 Å². The van der Waals surface area contributed by atoms with Crippen LogP contribution in [0, 0.1) is 17.8 Å². The summed E-state index contributed by atoms with van der Waals surface area (Å²) in [7, 11) is 0. The summed E-state index contributed by atoms with van der Waals surface area (Å²) in [5, 5.41) is 0. The molecule has 0 aromatic carbocycles. The molecular formula is C9H14. The zero-order valence-corrected chi connectivity index (χ0v) is 6.01. The molecule has 9 heavy (non-hydrogen) atoms. The van der Waals surface area contributed by atoms with Crippen molar-refractivity contribution in [1.82, 2.24) is 0 Å². The Morgan fingerprint density at radius 3 is 2.89 bits per heavy atom. The summed E-state index contributed by atoms with van der Waals surface area (Å²) in [6.07, 6.45) is 9.27. The molecule has 0 unspecified atom stereocenters. The van der Waals surface area contributed by atoms with Gasteiger partial charge in [-0.15, -0.1) is 0 Å². The van der Waals surface area contributed by atoms with Crippen molar-refractivity contribution in [2.45, 2.75) is 26.2 Å². The molecule has 1 fully saturated rings. The maximum Gasteiger partial charge on any atom is -0.0230 e. The molecule has 0 aromatic heterocycles. The van der Waals surface area contributed by atoms with Crippen LogP contribution in [0.15, 0.2) is 12.2 Å². The Balaban J connectivity index is 2.19. The number of hydrogen-bond donors (Lipinski definition) is 0. The average Bonchev–Trinajstić information content (AvgIpc) is 2.25. The lowest BCUT2D eigenvalue weighted by molar-refractivity contribution is 0.408. The maximum atomic E-state index is 2.42. The predicted octanol–water partition coefficient (Wildman–Crippen LogP) is 2.61. The van der Waals surface area contributed by atoms with Crippen LogP contribution in [0.4, 0.5) is 0 Å². The van der Waals surface area contributed by atoms with E-state index in [1.807, 2.05) is 0 Å². The van der Waals surface area contributed by atoms with Crippen molar-refractivity contribution in [2.24, 2.45) is 17.8 Å².